The Labute approximate surface area is 255 Å². The second-order valence-corrected chi connectivity index (χ2v) is 11.9. The molecule has 44 heavy (non-hydrogen) atoms. The van der Waals surface area contributed by atoms with E-state index in [4.69, 9.17) is 18.9 Å². The minimum atomic E-state index is -0.487. The lowest BCUT2D eigenvalue weighted by molar-refractivity contribution is -0.120. The monoisotopic (exact) mass is 606 g/mol. The second-order valence-electron chi connectivity index (χ2n) is 11.9. The van der Waals surface area contributed by atoms with Crippen molar-refractivity contribution in [3.63, 3.8) is 0 Å². The van der Waals surface area contributed by atoms with Gasteiger partial charge in [-0.05, 0) is 36.8 Å². The highest BCUT2D eigenvalue weighted by Gasteiger charge is 2.43. The molecule has 0 radical (unpaired) electrons. The van der Waals surface area contributed by atoms with Crippen LogP contribution in [0.4, 0.5) is 11.4 Å². The van der Waals surface area contributed by atoms with Gasteiger partial charge in [-0.1, -0.05) is 20.3 Å². The zero-order valence-electron chi connectivity index (χ0n) is 25.4. The lowest BCUT2D eigenvalue weighted by Crippen LogP contribution is -2.40. The number of methoxy groups -OCH3 is 2. The van der Waals surface area contributed by atoms with Crippen LogP contribution in [0.5, 0.6) is 23.0 Å². The molecule has 4 aliphatic rings. The molecule has 12 nitrogen and oxygen atoms in total. The van der Waals surface area contributed by atoms with E-state index >= 15 is 0 Å². The Morgan fingerprint density at radius 2 is 1.23 bits per heavy atom. The second kappa shape index (κ2) is 11.9. The van der Waals surface area contributed by atoms with Gasteiger partial charge in [0, 0.05) is 31.6 Å². The predicted molar refractivity (Wildman–Crippen MR) is 161 cm³/mol. The minimum Gasteiger partial charge on any atom is -0.493 e. The van der Waals surface area contributed by atoms with Gasteiger partial charge in [-0.15, -0.1) is 0 Å². The largest absolute Gasteiger partial charge is 0.493 e. The lowest BCUT2D eigenvalue weighted by Gasteiger charge is -2.20. The molecular weight excluding hydrogens is 568 g/mol. The molecular formula is C32H38N4O8. The van der Waals surface area contributed by atoms with Crippen LogP contribution in [0, 0.1) is 11.8 Å². The van der Waals surface area contributed by atoms with Gasteiger partial charge in [0.25, 0.3) is 11.8 Å². The predicted octanol–water partition coefficient (Wildman–Crippen LogP) is 3.55. The number of benzene rings is 2. The van der Waals surface area contributed by atoms with Crippen molar-refractivity contribution in [2.75, 3.05) is 51.2 Å². The first-order chi connectivity index (χ1) is 21.2. The van der Waals surface area contributed by atoms with Gasteiger partial charge in [-0.2, -0.15) is 0 Å². The highest BCUT2D eigenvalue weighted by molar-refractivity contribution is 6.11. The SMILES string of the molecule is CCC1CC2C(=O)Nc3cc(OCCCOc4cc5c(cc4OC)C(=O)N4CC(C)CC4C(=O)N5)c(OC)cc3C(=O)N2C1. The Bertz CT molecular complexity index is 1510. The van der Waals surface area contributed by atoms with Crippen molar-refractivity contribution in [1.29, 1.82) is 0 Å². The molecule has 234 valence electrons. The van der Waals surface area contributed by atoms with Gasteiger partial charge in [0.15, 0.2) is 23.0 Å². The Hall–Kier alpha value is -4.48. The molecule has 2 fully saturated rings. The minimum absolute atomic E-state index is 0.194. The van der Waals surface area contributed by atoms with Crippen LogP contribution >= 0.6 is 0 Å². The van der Waals surface area contributed by atoms with E-state index in [1.165, 1.54) is 14.2 Å². The highest BCUT2D eigenvalue weighted by Crippen LogP contribution is 2.40. The van der Waals surface area contributed by atoms with Crippen LogP contribution in [-0.2, 0) is 9.59 Å². The van der Waals surface area contributed by atoms with E-state index in [9.17, 15) is 19.2 Å². The summed E-state index contributed by atoms with van der Waals surface area (Å²) in [6, 6.07) is 5.51. The van der Waals surface area contributed by atoms with E-state index in [1.54, 1.807) is 34.1 Å². The van der Waals surface area contributed by atoms with Crippen molar-refractivity contribution >= 4 is 35.0 Å². The fourth-order valence-corrected chi connectivity index (χ4v) is 6.60. The van der Waals surface area contributed by atoms with Gasteiger partial charge in [0.1, 0.15) is 12.1 Å². The maximum Gasteiger partial charge on any atom is 0.256 e. The molecule has 4 atom stereocenters. The Morgan fingerprint density at radius 1 is 0.727 bits per heavy atom. The summed E-state index contributed by atoms with van der Waals surface area (Å²) in [5, 5.41) is 5.81. The van der Waals surface area contributed by atoms with Gasteiger partial charge >= 0.3 is 0 Å². The third-order valence-electron chi connectivity index (χ3n) is 8.99. The Morgan fingerprint density at radius 3 is 1.73 bits per heavy atom. The zero-order chi connectivity index (χ0) is 31.1. The molecule has 4 heterocycles. The van der Waals surface area contributed by atoms with E-state index in [0.29, 0.717) is 83.8 Å². The van der Waals surface area contributed by atoms with E-state index in [1.807, 2.05) is 6.92 Å². The van der Waals surface area contributed by atoms with Crippen molar-refractivity contribution in [2.24, 2.45) is 11.8 Å². The number of carbonyl (C=O) groups is 4. The van der Waals surface area contributed by atoms with Crippen molar-refractivity contribution < 1.29 is 38.1 Å². The number of fused-ring (bicyclic) bond motifs is 4. The molecule has 4 aliphatic heterocycles. The van der Waals surface area contributed by atoms with Crippen LogP contribution in [-0.4, -0.2) is 86.0 Å². The van der Waals surface area contributed by atoms with Crippen molar-refractivity contribution in [3.8, 4) is 23.0 Å². The summed E-state index contributed by atoms with van der Waals surface area (Å²) in [7, 11) is 3.00. The molecule has 4 amide bonds. The average molecular weight is 607 g/mol. The number of carbonyl (C=O) groups excluding carboxylic acids is 4. The van der Waals surface area contributed by atoms with E-state index < -0.39 is 12.1 Å². The molecule has 0 aromatic heterocycles. The maximum atomic E-state index is 13.4. The van der Waals surface area contributed by atoms with Crippen molar-refractivity contribution in [1.82, 2.24) is 9.80 Å². The fraction of sp³-hybridized carbons (Fsp3) is 0.500. The van der Waals surface area contributed by atoms with E-state index in [0.717, 1.165) is 6.42 Å². The molecule has 2 aromatic carbocycles. The van der Waals surface area contributed by atoms with Gasteiger partial charge in [0.2, 0.25) is 11.8 Å². The summed E-state index contributed by atoms with van der Waals surface area (Å²) >= 11 is 0. The molecule has 0 spiro atoms. The zero-order valence-corrected chi connectivity index (χ0v) is 25.4. The number of hydrogen-bond donors (Lipinski definition) is 2. The van der Waals surface area contributed by atoms with Gasteiger partial charge in [-0.3, -0.25) is 19.2 Å². The molecule has 2 saturated heterocycles. The summed E-state index contributed by atoms with van der Waals surface area (Å²) in [5.41, 5.74) is 1.54. The summed E-state index contributed by atoms with van der Waals surface area (Å²) < 4.78 is 23.0. The molecule has 0 bridgehead atoms. The first kappa shape index (κ1) is 29.6. The van der Waals surface area contributed by atoms with Gasteiger partial charge < -0.3 is 39.4 Å². The quantitative estimate of drug-likeness (QED) is 0.414. The summed E-state index contributed by atoms with van der Waals surface area (Å²) in [4.78, 5) is 55.8. The molecule has 2 N–H and O–H groups in total. The molecule has 12 heteroatoms. The average Bonchev–Trinajstić information content (AvgIpc) is 3.60. The molecule has 0 aliphatic carbocycles. The number of ether oxygens (including phenoxy) is 4. The van der Waals surface area contributed by atoms with Crippen LogP contribution in [0.25, 0.3) is 0 Å². The summed E-state index contributed by atoms with van der Waals surface area (Å²) in [6.45, 7) is 5.70. The summed E-state index contributed by atoms with van der Waals surface area (Å²) in [5.74, 6) is 1.32. The molecule has 4 unspecified atom stereocenters. The first-order valence-corrected chi connectivity index (χ1v) is 15.2. The van der Waals surface area contributed by atoms with Crippen molar-refractivity contribution in [2.45, 2.75) is 51.6 Å². The number of hydrogen-bond acceptors (Lipinski definition) is 8. The molecule has 2 aromatic rings. The first-order valence-electron chi connectivity index (χ1n) is 15.2. The Balaban J connectivity index is 1.11. The molecule has 0 saturated carbocycles. The lowest BCUT2D eigenvalue weighted by atomic mass is 10.0. The number of anilines is 2. The topological polar surface area (TPSA) is 136 Å². The third kappa shape index (κ3) is 5.26. The highest BCUT2D eigenvalue weighted by atomic mass is 16.5. The van der Waals surface area contributed by atoms with Gasteiger partial charge in [-0.25, -0.2) is 0 Å². The van der Waals surface area contributed by atoms with Crippen LogP contribution in [0.2, 0.25) is 0 Å². The van der Waals surface area contributed by atoms with Gasteiger partial charge in [0.05, 0.1) is 49.9 Å². The number of amides is 4. The molecule has 6 rings (SSSR count). The maximum absolute atomic E-state index is 13.4. The third-order valence-corrected chi connectivity index (χ3v) is 8.99. The smallest absolute Gasteiger partial charge is 0.256 e. The number of rotatable bonds is 9. The number of nitrogens with zero attached hydrogens (tertiary/aromatic N) is 2. The van der Waals surface area contributed by atoms with Crippen LogP contribution < -0.4 is 29.6 Å². The van der Waals surface area contributed by atoms with E-state index in [2.05, 4.69) is 17.6 Å². The van der Waals surface area contributed by atoms with Crippen LogP contribution in [0.1, 0.15) is 60.2 Å². The van der Waals surface area contributed by atoms with E-state index in [-0.39, 0.29) is 42.8 Å². The number of nitrogens with one attached hydrogen (secondary N) is 2. The summed E-state index contributed by atoms with van der Waals surface area (Å²) in [6.07, 6.45) is 2.66. The standard InChI is InChI=1S/C32H38N4O8/c1-5-18-10-24-30(38)34-22-14-28(26(42-4)12-20(22)32(40)36(24)16-18)44-8-6-7-43-27-13-21-19(11-25(27)41-3)31(39)35-15-17(2)9-23(35)29(37)33-21/h11-14,17-18,23-24H,5-10,15-16H2,1-4H3,(H,33,37)(H,34,38). The van der Waals surface area contributed by atoms with Crippen molar-refractivity contribution in [3.05, 3.63) is 35.4 Å². The Kier molecular flexibility index (Phi) is 8.00. The normalized spacial score (nSPS) is 23.9. The fourth-order valence-electron chi connectivity index (χ4n) is 6.60. The van der Waals surface area contributed by atoms with Crippen LogP contribution in [0.15, 0.2) is 24.3 Å². The van der Waals surface area contributed by atoms with Crippen LogP contribution in [0.3, 0.4) is 0 Å².